The fourth-order valence-corrected chi connectivity index (χ4v) is 1.97. The van der Waals surface area contributed by atoms with Gasteiger partial charge in [0, 0.05) is 44.9 Å². The Morgan fingerprint density at radius 2 is 1.31 bits per heavy atom. The first kappa shape index (κ1) is 11.4. The van der Waals surface area contributed by atoms with Crippen molar-refractivity contribution in [3.63, 3.8) is 0 Å². The number of nitrogens with zero attached hydrogens (tertiary/aromatic N) is 2. The maximum atomic E-state index is 12.0. The van der Waals surface area contributed by atoms with Crippen molar-refractivity contribution in [3.05, 3.63) is 57.0 Å². The standard InChI is InChI=1S/C11H6Br2N2O/c12-9-1-7(3-14-5-9)11(16)8-2-10(13)6-15-4-8/h1-6H. The second kappa shape index (κ2) is 4.84. The normalized spacial score (nSPS) is 10.1. The average molecular weight is 342 g/mol. The summed E-state index contributed by atoms with van der Waals surface area (Å²) in [4.78, 5) is 19.9. The molecule has 0 aliphatic heterocycles. The SMILES string of the molecule is O=C(c1cncc(Br)c1)c1cncc(Br)c1. The number of carbonyl (C=O) groups is 1. The third-order valence-electron chi connectivity index (χ3n) is 1.93. The van der Waals surface area contributed by atoms with E-state index < -0.39 is 0 Å². The Bertz CT molecular complexity index is 496. The molecule has 0 saturated carbocycles. The Hall–Kier alpha value is -1.07. The topological polar surface area (TPSA) is 42.9 Å². The van der Waals surface area contributed by atoms with E-state index in [2.05, 4.69) is 41.8 Å². The number of aromatic nitrogens is 2. The molecule has 2 heterocycles. The number of hydrogen-bond donors (Lipinski definition) is 0. The Kier molecular flexibility index (Phi) is 3.46. The van der Waals surface area contributed by atoms with Crippen LogP contribution in [-0.2, 0) is 0 Å². The summed E-state index contributed by atoms with van der Waals surface area (Å²) in [7, 11) is 0. The van der Waals surface area contributed by atoms with E-state index in [0.29, 0.717) is 11.1 Å². The van der Waals surface area contributed by atoms with Crippen LogP contribution >= 0.6 is 31.9 Å². The van der Waals surface area contributed by atoms with Gasteiger partial charge in [0.25, 0.3) is 0 Å². The van der Waals surface area contributed by atoms with Crippen LogP contribution < -0.4 is 0 Å². The van der Waals surface area contributed by atoms with Gasteiger partial charge in [-0.3, -0.25) is 14.8 Å². The van der Waals surface area contributed by atoms with E-state index in [-0.39, 0.29) is 5.78 Å². The van der Waals surface area contributed by atoms with Crippen LogP contribution in [0.5, 0.6) is 0 Å². The molecule has 0 saturated heterocycles. The zero-order valence-electron chi connectivity index (χ0n) is 8.02. The summed E-state index contributed by atoms with van der Waals surface area (Å²) in [5, 5.41) is 0. The maximum absolute atomic E-state index is 12.0. The fraction of sp³-hybridized carbons (Fsp3) is 0. The minimum absolute atomic E-state index is 0.0948. The van der Waals surface area contributed by atoms with Gasteiger partial charge in [0.05, 0.1) is 0 Å². The fourth-order valence-electron chi connectivity index (χ4n) is 1.24. The Balaban J connectivity index is 2.39. The monoisotopic (exact) mass is 340 g/mol. The molecular formula is C11H6Br2N2O. The molecule has 0 amide bonds. The second-order valence-electron chi connectivity index (χ2n) is 3.11. The van der Waals surface area contributed by atoms with Crippen molar-refractivity contribution in [3.8, 4) is 0 Å². The molecule has 2 aromatic heterocycles. The van der Waals surface area contributed by atoms with E-state index in [1.54, 1.807) is 24.5 Å². The molecule has 16 heavy (non-hydrogen) atoms. The maximum Gasteiger partial charge on any atom is 0.196 e. The van der Waals surface area contributed by atoms with Gasteiger partial charge >= 0.3 is 0 Å². The molecule has 3 nitrogen and oxygen atoms in total. The van der Waals surface area contributed by atoms with E-state index in [1.165, 1.54) is 12.4 Å². The average Bonchev–Trinajstić information content (AvgIpc) is 2.28. The van der Waals surface area contributed by atoms with Gasteiger partial charge in [-0.1, -0.05) is 0 Å². The smallest absolute Gasteiger partial charge is 0.196 e. The molecule has 80 valence electrons. The van der Waals surface area contributed by atoms with E-state index in [4.69, 9.17) is 0 Å². The Morgan fingerprint density at radius 3 is 1.69 bits per heavy atom. The van der Waals surface area contributed by atoms with Crippen molar-refractivity contribution >= 4 is 37.6 Å². The lowest BCUT2D eigenvalue weighted by Crippen LogP contribution is -2.02. The molecule has 5 heteroatoms. The van der Waals surface area contributed by atoms with Crippen LogP contribution in [-0.4, -0.2) is 15.8 Å². The first-order chi connectivity index (χ1) is 7.66. The summed E-state index contributed by atoms with van der Waals surface area (Å²) in [6, 6.07) is 3.46. The van der Waals surface area contributed by atoms with Crippen LogP contribution in [0.1, 0.15) is 15.9 Å². The van der Waals surface area contributed by atoms with Crippen molar-refractivity contribution in [2.75, 3.05) is 0 Å². The second-order valence-corrected chi connectivity index (χ2v) is 4.94. The van der Waals surface area contributed by atoms with Gasteiger partial charge in [-0.2, -0.15) is 0 Å². The van der Waals surface area contributed by atoms with Crippen molar-refractivity contribution in [1.29, 1.82) is 0 Å². The Labute approximate surface area is 109 Å². The van der Waals surface area contributed by atoms with E-state index >= 15 is 0 Å². The van der Waals surface area contributed by atoms with Gasteiger partial charge in [0.2, 0.25) is 0 Å². The van der Waals surface area contributed by atoms with Crippen molar-refractivity contribution < 1.29 is 4.79 Å². The predicted molar refractivity (Wildman–Crippen MR) is 67.3 cm³/mol. The lowest BCUT2D eigenvalue weighted by molar-refractivity contribution is 0.103. The number of rotatable bonds is 2. The molecule has 0 bridgehead atoms. The van der Waals surface area contributed by atoms with Gasteiger partial charge in [-0.15, -0.1) is 0 Å². The number of halogens is 2. The molecule has 0 atom stereocenters. The number of carbonyl (C=O) groups excluding carboxylic acids is 1. The largest absolute Gasteiger partial charge is 0.288 e. The summed E-state index contributed by atoms with van der Waals surface area (Å²) in [6.45, 7) is 0. The van der Waals surface area contributed by atoms with Crippen LogP contribution in [0.25, 0.3) is 0 Å². The molecule has 0 aliphatic rings. The molecule has 0 spiro atoms. The number of ketones is 1. The van der Waals surface area contributed by atoms with E-state index in [1.807, 2.05) is 0 Å². The summed E-state index contributed by atoms with van der Waals surface area (Å²) < 4.78 is 1.56. The van der Waals surface area contributed by atoms with Crippen molar-refractivity contribution in [2.45, 2.75) is 0 Å². The van der Waals surface area contributed by atoms with Gasteiger partial charge in [0.15, 0.2) is 5.78 Å². The minimum atomic E-state index is -0.0948. The molecule has 2 rings (SSSR count). The quantitative estimate of drug-likeness (QED) is 0.787. The summed E-state index contributed by atoms with van der Waals surface area (Å²) in [5.41, 5.74) is 1.07. The molecule has 2 aromatic rings. The van der Waals surface area contributed by atoms with Crippen LogP contribution in [0.4, 0.5) is 0 Å². The van der Waals surface area contributed by atoms with E-state index in [0.717, 1.165) is 8.95 Å². The van der Waals surface area contributed by atoms with Crippen LogP contribution in [0.3, 0.4) is 0 Å². The first-order valence-corrected chi connectivity index (χ1v) is 6.01. The zero-order valence-corrected chi connectivity index (χ0v) is 11.2. The molecule has 0 aliphatic carbocycles. The van der Waals surface area contributed by atoms with Gasteiger partial charge in [-0.05, 0) is 44.0 Å². The van der Waals surface area contributed by atoms with Gasteiger partial charge in [-0.25, -0.2) is 0 Å². The third kappa shape index (κ3) is 2.54. The van der Waals surface area contributed by atoms with Crippen molar-refractivity contribution in [2.24, 2.45) is 0 Å². The highest BCUT2D eigenvalue weighted by Gasteiger charge is 2.10. The summed E-state index contributed by atoms with van der Waals surface area (Å²) in [5.74, 6) is -0.0948. The highest BCUT2D eigenvalue weighted by molar-refractivity contribution is 9.10. The summed E-state index contributed by atoms with van der Waals surface area (Å²) in [6.07, 6.45) is 6.34. The highest BCUT2D eigenvalue weighted by Crippen LogP contribution is 2.16. The summed E-state index contributed by atoms with van der Waals surface area (Å²) >= 11 is 6.56. The molecule has 0 radical (unpaired) electrons. The first-order valence-electron chi connectivity index (χ1n) is 4.42. The number of pyridine rings is 2. The lowest BCUT2D eigenvalue weighted by atomic mass is 10.1. The van der Waals surface area contributed by atoms with Gasteiger partial charge < -0.3 is 0 Å². The van der Waals surface area contributed by atoms with E-state index in [9.17, 15) is 4.79 Å². The molecule has 0 aromatic carbocycles. The molecule has 0 unspecified atom stereocenters. The lowest BCUT2D eigenvalue weighted by Gasteiger charge is -2.01. The van der Waals surface area contributed by atoms with Crippen LogP contribution in [0, 0.1) is 0 Å². The molecular weight excluding hydrogens is 336 g/mol. The predicted octanol–water partition coefficient (Wildman–Crippen LogP) is 3.23. The van der Waals surface area contributed by atoms with Crippen molar-refractivity contribution in [1.82, 2.24) is 9.97 Å². The third-order valence-corrected chi connectivity index (χ3v) is 2.80. The van der Waals surface area contributed by atoms with Crippen LogP contribution in [0.2, 0.25) is 0 Å². The zero-order chi connectivity index (χ0) is 11.5. The van der Waals surface area contributed by atoms with Gasteiger partial charge in [0.1, 0.15) is 0 Å². The highest BCUT2D eigenvalue weighted by atomic mass is 79.9. The number of hydrogen-bond acceptors (Lipinski definition) is 3. The molecule has 0 fully saturated rings. The minimum Gasteiger partial charge on any atom is -0.288 e. The van der Waals surface area contributed by atoms with Crippen LogP contribution in [0.15, 0.2) is 45.9 Å². The molecule has 0 N–H and O–H groups in total. The Morgan fingerprint density at radius 1 is 0.875 bits per heavy atom.